The Labute approximate surface area is 132 Å². The number of hydrogen-bond acceptors (Lipinski definition) is 4. The number of halogens is 1. The number of amides is 1. The SMILES string of the molecule is CC(C)(C#N)N1CCN(C(=O)c2ccc(Br)c(O)c2)CC1. The minimum atomic E-state index is -0.509. The van der Waals surface area contributed by atoms with E-state index >= 15 is 0 Å². The lowest BCUT2D eigenvalue weighted by atomic mass is 10.0. The third-order valence-corrected chi connectivity index (χ3v) is 4.49. The Morgan fingerprint density at radius 2 is 1.95 bits per heavy atom. The van der Waals surface area contributed by atoms with Gasteiger partial charge in [0, 0.05) is 31.7 Å². The fraction of sp³-hybridized carbons (Fsp3) is 0.467. The van der Waals surface area contributed by atoms with E-state index in [4.69, 9.17) is 5.26 Å². The van der Waals surface area contributed by atoms with Crippen LogP contribution < -0.4 is 0 Å². The maximum Gasteiger partial charge on any atom is 0.254 e. The summed E-state index contributed by atoms with van der Waals surface area (Å²) in [5.74, 6) is -0.0303. The monoisotopic (exact) mass is 351 g/mol. The van der Waals surface area contributed by atoms with Crippen LogP contribution in [-0.4, -0.2) is 52.5 Å². The molecule has 0 aliphatic carbocycles. The van der Waals surface area contributed by atoms with Crippen molar-refractivity contribution in [2.24, 2.45) is 0 Å². The van der Waals surface area contributed by atoms with Crippen molar-refractivity contribution in [1.82, 2.24) is 9.80 Å². The quantitative estimate of drug-likeness (QED) is 0.886. The zero-order valence-corrected chi connectivity index (χ0v) is 13.7. The van der Waals surface area contributed by atoms with Gasteiger partial charge in [-0.25, -0.2) is 0 Å². The van der Waals surface area contributed by atoms with Gasteiger partial charge in [0.05, 0.1) is 10.5 Å². The fourth-order valence-corrected chi connectivity index (χ4v) is 2.61. The summed E-state index contributed by atoms with van der Waals surface area (Å²) in [5.41, 5.74) is -0.0333. The van der Waals surface area contributed by atoms with Crippen molar-refractivity contribution >= 4 is 21.8 Å². The summed E-state index contributed by atoms with van der Waals surface area (Å²) < 4.78 is 0.569. The van der Waals surface area contributed by atoms with Gasteiger partial charge < -0.3 is 10.0 Å². The van der Waals surface area contributed by atoms with E-state index in [0.717, 1.165) is 0 Å². The van der Waals surface area contributed by atoms with Gasteiger partial charge in [0.2, 0.25) is 0 Å². The molecule has 1 aliphatic rings. The summed E-state index contributed by atoms with van der Waals surface area (Å²) in [4.78, 5) is 16.2. The third-order valence-electron chi connectivity index (χ3n) is 3.82. The van der Waals surface area contributed by atoms with Crippen LogP contribution in [0.1, 0.15) is 24.2 Å². The number of benzene rings is 1. The van der Waals surface area contributed by atoms with E-state index in [9.17, 15) is 9.90 Å². The Balaban J connectivity index is 2.04. The minimum absolute atomic E-state index is 0.0603. The van der Waals surface area contributed by atoms with Crippen LogP contribution in [0.25, 0.3) is 0 Å². The molecular formula is C15H18BrN3O2. The van der Waals surface area contributed by atoms with E-state index in [-0.39, 0.29) is 11.7 Å². The van der Waals surface area contributed by atoms with Gasteiger partial charge in [-0.05, 0) is 48.0 Å². The van der Waals surface area contributed by atoms with Crippen LogP contribution in [0.15, 0.2) is 22.7 Å². The molecule has 0 spiro atoms. The summed E-state index contributed by atoms with van der Waals surface area (Å²) in [5, 5.41) is 18.8. The first kappa shape index (κ1) is 15.8. The second kappa shape index (κ2) is 6.04. The standard InChI is InChI=1S/C15H18BrN3O2/c1-15(2,10-17)19-7-5-18(6-8-19)14(21)11-3-4-12(16)13(20)9-11/h3-4,9,20H,5-8H2,1-2H3. The Kier molecular flexibility index (Phi) is 4.55. The number of carbonyl (C=O) groups is 1. The van der Waals surface area contributed by atoms with Crippen LogP contribution in [0.5, 0.6) is 5.75 Å². The van der Waals surface area contributed by atoms with Crippen LogP contribution in [0.3, 0.4) is 0 Å². The summed E-state index contributed by atoms with van der Waals surface area (Å²) in [7, 11) is 0. The van der Waals surface area contributed by atoms with Crippen LogP contribution in [0.2, 0.25) is 0 Å². The molecule has 1 N–H and O–H groups in total. The van der Waals surface area contributed by atoms with Gasteiger partial charge in [-0.3, -0.25) is 9.69 Å². The number of carbonyl (C=O) groups excluding carboxylic acids is 1. The molecule has 0 saturated carbocycles. The number of piperazine rings is 1. The maximum absolute atomic E-state index is 12.4. The van der Waals surface area contributed by atoms with Crippen LogP contribution in [0, 0.1) is 11.3 Å². The molecule has 5 nitrogen and oxygen atoms in total. The summed E-state index contributed by atoms with van der Waals surface area (Å²) in [6.07, 6.45) is 0. The van der Waals surface area contributed by atoms with Crippen molar-refractivity contribution < 1.29 is 9.90 Å². The van der Waals surface area contributed by atoms with Crippen molar-refractivity contribution in [1.29, 1.82) is 5.26 Å². The zero-order chi connectivity index (χ0) is 15.6. The molecule has 0 unspecified atom stereocenters. The lowest BCUT2D eigenvalue weighted by Crippen LogP contribution is -2.55. The normalized spacial score (nSPS) is 16.6. The first-order valence-corrected chi connectivity index (χ1v) is 7.58. The number of aromatic hydroxyl groups is 1. The van der Waals surface area contributed by atoms with Crippen LogP contribution in [0.4, 0.5) is 0 Å². The topological polar surface area (TPSA) is 67.6 Å². The van der Waals surface area contributed by atoms with E-state index in [2.05, 4.69) is 26.9 Å². The van der Waals surface area contributed by atoms with Gasteiger partial charge in [-0.1, -0.05) is 0 Å². The van der Waals surface area contributed by atoms with Gasteiger partial charge in [-0.15, -0.1) is 0 Å². The number of rotatable bonds is 2. The Morgan fingerprint density at radius 1 is 1.33 bits per heavy atom. The second-order valence-electron chi connectivity index (χ2n) is 5.62. The molecular weight excluding hydrogens is 334 g/mol. The average Bonchev–Trinajstić information content (AvgIpc) is 2.49. The molecule has 0 aromatic heterocycles. The highest BCUT2D eigenvalue weighted by molar-refractivity contribution is 9.10. The molecule has 0 bridgehead atoms. The average molecular weight is 352 g/mol. The van der Waals surface area contributed by atoms with E-state index < -0.39 is 5.54 Å². The Morgan fingerprint density at radius 3 is 2.48 bits per heavy atom. The van der Waals surface area contributed by atoms with E-state index in [1.807, 2.05) is 13.8 Å². The number of hydrogen-bond donors (Lipinski definition) is 1. The number of phenols is 1. The Hall–Kier alpha value is -1.58. The molecule has 2 rings (SSSR count). The first-order chi connectivity index (χ1) is 9.85. The van der Waals surface area contributed by atoms with Crippen molar-refractivity contribution in [3.63, 3.8) is 0 Å². The smallest absolute Gasteiger partial charge is 0.254 e. The molecule has 1 amide bonds. The lowest BCUT2D eigenvalue weighted by molar-refractivity contribution is 0.0520. The molecule has 6 heteroatoms. The highest BCUT2D eigenvalue weighted by Crippen LogP contribution is 2.25. The van der Waals surface area contributed by atoms with Gasteiger partial charge in [-0.2, -0.15) is 5.26 Å². The van der Waals surface area contributed by atoms with Gasteiger partial charge in [0.25, 0.3) is 5.91 Å². The molecule has 1 fully saturated rings. The van der Waals surface area contributed by atoms with Crippen molar-refractivity contribution in [2.45, 2.75) is 19.4 Å². The minimum Gasteiger partial charge on any atom is -0.507 e. The molecule has 1 aliphatic heterocycles. The van der Waals surface area contributed by atoms with Crippen LogP contribution in [-0.2, 0) is 0 Å². The fourth-order valence-electron chi connectivity index (χ4n) is 2.37. The highest BCUT2D eigenvalue weighted by Gasteiger charge is 2.31. The molecule has 1 aromatic rings. The van der Waals surface area contributed by atoms with Gasteiger partial charge in [0.15, 0.2) is 0 Å². The number of nitriles is 1. The van der Waals surface area contributed by atoms with E-state index in [1.54, 1.807) is 17.0 Å². The lowest BCUT2D eigenvalue weighted by Gasteiger charge is -2.40. The van der Waals surface area contributed by atoms with E-state index in [1.165, 1.54) is 6.07 Å². The zero-order valence-electron chi connectivity index (χ0n) is 12.1. The van der Waals surface area contributed by atoms with Gasteiger partial charge in [0.1, 0.15) is 11.3 Å². The van der Waals surface area contributed by atoms with Crippen molar-refractivity contribution in [3.05, 3.63) is 28.2 Å². The largest absolute Gasteiger partial charge is 0.507 e. The van der Waals surface area contributed by atoms with Gasteiger partial charge >= 0.3 is 0 Å². The summed E-state index contributed by atoms with van der Waals surface area (Å²) in [6, 6.07) is 7.11. The predicted octanol–water partition coefficient (Wildman–Crippen LogP) is 2.21. The third kappa shape index (κ3) is 3.36. The molecule has 1 saturated heterocycles. The molecule has 0 radical (unpaired) electrons. The van der Waals surface area contributed by atoms with E-state index in [0.29, 0.717) is 36.2 Å². The molecule has 112 valence electrons. The highest BCUT2D eigenvalue weighted by atomic mass is 79.9. The second-order valence-corrected chi connectivity index (χ2v) is 6.47. The Bertz CT molecular complexity index is 587. The maximum atomic E-state index is 12.4. The molecule has 1 heterocycles. The summed E-state index contributed by atoms with van der Waals surface area (Å²) >= 11 is 3.20. The van der Waals surface area contributed by atoms with Crippen LogP contribution >= 0.6 is 15.9 Å². The molecule has 21 heavy (non-hydrogen) atoms. The molecule has 0 atom stereocenters. The predicted molar refractivity (Wildman–Crippen MR) is 83.0 cm³/mol. The first-order valence-electron chi connectivity index (χ1n) is 6.79. The number of phenolic OH excluding ortho intramolecular Hbond substituents is 1. The molecule has 1 aromatic carbocycles. The number of nitrogens with zero attached hydrogens (tertiary/aromatic N) is 3. The summed E-state index contributed by atoms with van der Waals surface area (Å²) in [6.45, 7) is 6.29. The van der Waals surface area contributed by atoms with Crippen molar-refractivity contribution in [2.75, 3.05) is 26.2 Å². The van der Waals surface area contributed by atoms with Crippen molar-refractivity contribution in [3.8, 4) is 11.8 Å².